The summed E-state index contributed by atoms with van der Waals surface area (Å²) in [4.78, 5) is 26.5. The van der Waals surface area contributed by atoms with Gasteiger partial charge in [0.15, 0.2) is 5.82 Å². The third-order valence-corrected chi connectivity index (χ3v) is 5.59. The Balaban J connectivity index is 1.32. The van der Waals surface area contributed by atoms with E-state index in [1.807, 2.05) is 37.3 Å². The molecule has 1 aliphatic heterocycles. The number of aromatic nitrogens is 4. The second-order valence-corrected chi connectivity index (χ2v) is 7.76. The molecule has 0 radical (unpaired) electrons. The number of H-pyrrole nitrogens is 1. The zero-order valence-electron chi connectivity index (χ0n) is 17.0. The summed E-state index contributed by atoms with van der Waals surface area (Å²) >= 11 is 0. The average Bonchev–Trinajstić information content (AvgIpc) is 3.20. The van der Waals surface area contributed by atoms with Crippen LogP contribution in [0.4, 0.5) is 5.69 Å². The molecule has 3 heterocycles. The van der Waals surface area contributed by atoms with Gasteiger partial charge in [0.1, 0.15) is 0 Å². The molecule has 4 aromatic rings. The predicted octanol–water partition coefficient (Wildman–Crippen LogP) is 2.72. The first-order valence-electron chi connectivity index (χ1n) is 10.2. The number of piperazine rings is 1. The van der Waals surface area contributed by atoms with E-state index in [0.717, 1.165) is 37.4 Å². The van der Waals surface area contributed by atoms with Gasteiger partial charge in [0, 0.05) is 50.0 Å². The van der Waals surface area contributed by atoms with E-state index in [9.17, 15) is 4.79 Å². The van der Waals surface area contributed by atoms with E-state index >= 15 is 0 Å². The number of aromatic amines is 1. The molecule has 30 heavy (non-hydrogen) atoms. The highest BCUT2D eigenvalue weighted by Crippen LogP contribution is 2.18. The van der Waals surface area contributed by atoms with Crippen LogP contribution >= 0.6 is 0 Å². The van der Waals surface area contributed by atoms with E-state index in [2.05, 4.69) is 49.1 Å². The Kier molecular flexibility index (Phi) is 4.80. The fraction of sp³-hybridized carbons (Fsp3) is 0.261. The topological polar surface area (TPSA) is 69.5 Å². The van der Waals surface area contributed by atoms with E-state index in [4.69, 9.17) is 0 Å². The van der Waals surface area contributed by atoms with Crippen molar-refractivity contribution in [1.82, 2.24) is 24.5 Å². The van der Waals surface area contributed by atoms with E-state index in [1.165, 1.54) is 15.8 Å². The van der Waals surface area contributed by atoms with Gasteiger partial charge >= 0.3 is 0 Å². The molecule has 0 aliphatic carbocycles. The number of hydrogen-bond acceptors (Lipinski definition) is 5. The Hall–Kier alpha value is -3.45. The Labute approximate surface area is 174 Å². The lowest BCUT2D eigenvalue weighted by Gasteiger charge is -2.35. The quantitative estimate of drug-likeness (QED) is 0.570. The van der Waals surface area contributed by atoms with Gasteiger partial charge in [-0.15, -0.1) is 0 Å². The van der Waals surface area contributed by atoms with Crippen molar-refractivity contribution in [2.45, 2.75) is 13.5 Å². The largest absolute Gasteiger partial charge is 0.369 e. The first-order valence-corrected chi connectivity index (χ1v) is 10.2. The highest BCUT2D eigenvalue weighted by Gasteiger charge is 2.18. The summed E-state index contributed by atoms with van der Waals surface area (Å²) < 4.78 is 1.41. The van der Waals surface area contributed by atoms with Crippen LogP contribution in [0.1, 0.15) is 11.3 Å². The van der Waals surface area contributed by atoms with E-state index in [-0.39, 0.29) is 5.56 Å². The molecule has 1 fully saturated rings. The number of nitrogens with one attached hydrogen (secondary N) is 1. The summed E-state index contributed by atoms with van der Waals surface area (Å²) in [7, 11) is 0. The summed E-state index contributed by atoms with van der Waals surface area (Å²) in [6, 6.07) is 20.1. The van der Waals surface area contributed by atoms with Crippen LogP contribution in [0, 0.1) is 6.92 Å². The van der Waals surface area contributed by atoms with Crippen LogP contribution < -0.4 is 10.5 Å². The van der Waals surface area contributed by atoms with Crippen LogP contribution in [-0.4, -0.2) is 50.7 Å². The summed E-state index contributed by atoms with van der Waals surface area (Å²) in [5, 5.41) is 3.06. The predicted molar refractivity (Wildman–Crippen MR) is 118 cm³/mol. The van der Waals surface area contributed by atoms with E-state index in [0.29, 0.717) is 18.1 Å². The lowest BCUT2D eigenvalue weighted by molar-refractivity contribution is 0.247. The lowest BCUT2D eigenvalue weighted by Crippen LogP contribution is -2.46. The molecule has 0 atom stereocenters. The van der Waals surface area contributed by atoms with Gasteiger partial charge in [0.25, 0.3) is 11.3 Å². The van der Waals surface area contributed by atoms with E-state index in [1.54, 1.807) is 6.07 Å². The minimum Gasteiger partial charge on any atom is -0.369 e. The SMILES string of the molecule is Cc1ccc(-c2nc3nc(CN4CCN(c5ccccc5)CC4)cc(=O)n3[nH]2)cc1. The number of rotatable bonds is 4. The maximum Gasteiger partial charge on any atom is 0.274 e. The van der Waals surface area contributed by atoms with Crippen molar-refractivity contribution in [2.24, 2.45) is 0 Å². The summed E-state index contributed by atoms with van der Waals surface area (Å²) in [6.45, 7) is 6.49. The number of fused-ring (bicyclic) bond motifs is 1. The lowest BCUT2D eigenvalue weighted by atomic mass is 10.1. The minimum absolute atomic E-state index is 0.135. The molecular formula is C23H24N6O. The number of nitrogens with zero attached hydrogens (tertiary/aromatic N) is 5. The summed E-state index contributed by atoms with van der Waals surface area (Å²) in [5.74, 6) is 1.06. The monoisotopic (exact) mass is 400 g/mol. The highest BCUT2D eigenvalue weighted by molar-refractivity contribution is 5.57. The summed E-state index contributed by atoms with van der Waals surface area (Å²) in [5.41, 5.74) is 4.00. The number of para-hydroxylation sites is 1. The molecule has 0 spiro atoms. The maximum absolute atomic E-state index is 12.6. The molecule has 5 rings (SSSR count). The van der Waals surface area contributed by atoms with Gasteiger partial charge in [-0.1, -0.05) is 48.0 Å². The molecule has 152 valence electrons. The van der Waals surface area contributed by atoms with Gasteiger partial charge in [-0.25, -0.2) is 4.98 Å². The van der Waals surface area contributed by atoms with Crippen molar-refractivity contribution in [3.05, 3.63) is 82.3 Å². The molecule has 7 nitrogen and oxygen atoms in total. The van der Waals surface area contributed by atoms with Gasteiger partial charge in [-0.2, -0.15) is 9.50 Å². The Morgan fingerprint density at radius 2 is 1.67 bits per heavy atom. The maximum atomic E-state index is 12.6. The first-order chi connectivity index (χ1) is 14.7. The Morgan fingerprint density at radius 3 is 2.40 bits per heavy atom. The van der Waals surface area contributed by atoms with Crippen molar-refractivity contribution in [3.63, 3.8) is 0 Å². The second-order valence-electron chi connectivity index (χ2n) is 7.76. The van der Waals surface area contributed by atoms with Crippen molar-refractivity contribution in [3.8, 4) is 11.4 Å². The van der Waals surface area contributed by atoms with Crippen LogP contribution in [0.3, 0.4) is 0 Å². The molecule has 0 bridgehead atoms. The third kappa shape index (κ3) is 3.71. The van der Waals surface area contributed by atoms with Crippen LogP contribution in [0.15, 0.2) is 65.5 Å². The zero-order chi connectivity index (χ0) is 20.5. The standard InChI is InChI=1S/C23H24N6O/c1-17-7-9-18(10-8-17)22-25-23-24-19(15-21(30)29(23)26-22)16-27-11-13-28(14-12-27)20-5-3-2-4-6-20/h2-10,15H,11-14,16H2,1H3,(H,24,25,26). The number of hydrogen-bond donors (Lipinski definition) is 1. The number of aryl methyl sites for hydroxylation is 1. The fourth-order valence-corrected chi connectivity index (χ4v) is 3.88. The molecular weight excluding hydrogens is 376 g/mol. The summed E-state index contributed by atoms with van der Waals surface area (Å²) in [6.07, 6.45) is 0. The van der Waals surface area contributed by atoms with Crippen LogP contribution in [-0.2, 0) is 6.54 Å². The average molecular weight is 400 g/mol. The molecule has 1 aliphatic rings. The van der Waals surface area contributed by atoms with Gasteiger partial charge in [-0.05, 0) is 19.1 Å². The van der Waals surface area contributed by atoms with Crippen LogP contribution in [0.2, 0.25) is 0 Å². The molecule has 0 unspecified atom stereocenters. The van der Waals surface area contributed by atoms with E-state index < -0.39 is 0 Å². The third-order valence-electron chi connectivity index (χ3n) is 5.59. The van der Waals surface area contributed by atoms with Gasteiger partial charge < -0.3 is 4.90 Å². The minimum atomic E-state index is -0.135. The van der Waals surface area contributed by atoms with Crippen LogP contribution in [0.5, 0.6) is 0 Å². The van der Waals surface area contributed by atoms with Crippen molar-refractivity contribution >= 4 is 11.5 Å². The van der Waals surface area contributed by atoms with Crippen molar-refractivity contribution in [2.75, 3.05) is 31.1 Å². The number of anilines is 1. The number of benzene rings is 2. The Morgan fingerprint density at radius 1 is 0.933 bits per heavy atom. The molecule has 1 N–H and O–H groups in total. The molecule has 1 saturated heterocycles. The molecule has 0 amide bonds. The normalized spacial score (nSPS) is 15.0. The van der Waals surface area contributed by atoms with Crippen LogP contribution in [0.25, 0.3) is 17.2 Å². The zero-order valence-corrected chi connectivity index (χ0v) is 17.0. The first kappa shape index (κ1) is 18.6. The smallest absolute Gasteiger partial charge is 0.274 e. The molecule has 7 heteroatoms. The molecule has 0 saturated carbocycles. The fourth-order valence-electron chi connectivity index (χ4n) is 3.88. The van der Waals surface area contributed by atoms with Crippen molar-refractivity contribution < 1.29 is 0 Å². The molecule has 2 aromatic carbocycles. The van der Waals surface area contributed by atoms with Crippen molar-refractivity contribution in [1.29, 1.82) is 0 Å². The highest BCUT2D eigenvalue weighted by atomic mass is 16.1. The Bertz CT molecular complexity index is 1200. The van der Waals surface area contributed by atoms with Gasteiger partial charge in [0.05, 0.1) is 5.69 Å². The van der Waals surface area contributed by atoms with Gasteiger partial charge in [0.2, 0.25) is 0 Å². The van der Waals surface area contributed by atoms with Gasteiger partial charge in [-0.3, -0.25) is 14.8 Å². The second kappa shape index (κ2) is 7.76. The molecule has 2 aromatic heterocycles.